The van der Waals surface area contributed by atoms with Gasteiger partial charge in [-0.05, 0) is 63.0 Å². The molecule has 248 valence electrons. The lowest BCUT2D eigenvalue weighted by molar-refractivity contribution is -0.145. The number of hydrogen-bond donors (Lipinski definition) is 4. The van der Waals surface area contributed by atoms with Crippen molar-refractivity contribution in [3.8, 4) is 0 Å². The monoisotopic (exact) mass is 635 g/mol. The molecule has 12 nitrogen and oxygen atoms in total. The number of carboxylic acid groups (broad SMARTS) is 1. The number of nitrogens with zero attached hydrogens (tertiary/aromatic N) is 2. The average Bonchev–Trinajstić information content (AvgIpc) is 3.37. The molecule has 2 aliphatic carbocycles. The Morgan fingerprint density at radius 3 is 2.37 bits per heavy atom. The van der Waals surface area contributed by atoms with Gasteiger partial charge in [0.05, 0.1) is 23.7 Å². The summed E-state index contributed by atoms with van der Waals surface area (Å²) in [4.78, 5) is 79.9. The Morgan fingerprint density at radius 1 is 1.02 bits per heavy atom. The molecular formula is C34H45N5O7. The van der Waals surface area contributed by atoms with Gasteiger partial charge in [0.2, 0.25) is 11.8 Å². The van der Waals surface area contributed by atoms with Crippen LogP contribution < -0.4 is 16.0 Å². The quantitative estimate of drug-likeness (QED) is 0.131. The van der Waals surface area contributed by atoms with Gasteiger partial charge in [-0.2, -0.15) is 0 Å². The van der Waals surface area contributed by atoms with Crippen LogP contribution in [-0.4, -0.2) is 87.8 Å². The second kappa shape index (κ2) is 14.5. The first-order valence-electron chi connectivity index (χ1n) is 16.7. The molecule has 12 heteroatoms. The number of unbranched alkanes of at least 4 members (excludes halogenated alkanes) is 4. The number of urea groups is 1. The van der Waals surface area contributed by atoms with Gasteiger partial charge in [0.25, 0.3) is 11.8 Å². The Morgan fingerprint density at radius 2 is 1.74 bits per heavy atom. The molecule has 1 saturated heterocycles. The van der Waals surface area contributed by atoms with Crippen LogP contribution in [-0.2, 0) is 14.4 Å². The molecule has 0 bridgehead atoms. The number of imide groups is 1. The normalized spacial score (nSPS) is 24.5. The summed E-state index contributed by atoms with van der Waals surface area (Å²) in [5.74, 6) is -3.00. The molecule has 4 N–H and O–H groups in total. The summed E-state index contributed by atoms with van der Waals surface area (Å²) in [6, 6.07) is 4.75. The van der Waals surface area contributed by atoms with Gasteiger partial charge < -0.3 is 26.0 Å². The highest BCUT2D eigenvalue weighted by Crippen LogP contribution is 2.45. The zero-order chi connectivity index (χ0) is 32.8. The van der Waals surface area contributed by atoms with Gasteiger partial charge in [0, 0.05) is 19.0 Å². The van der Waals surface area contributed by atoms with E-state index < -0.39 is 41.4 Å². The third-order valence-corrected chi connectivity index (χ3v) is 9.90. The maximum Gasteiger partial charge on any atom is 0.330 e. The largest absolute Gasteiger partial charge is 0.479 e. The smallest absolute Gasteiger partial charge is 0.330 e. The summed E-state index contributed by atoms with van der Waals surface area (Å²) in [6.45, 7) is 2.15. The van der Waals surface area contributed by atoms with Crippen molar-refractivity contribution in [3.63, 3.8) is 0 Å². The van der Waals surface area contributed by atoms with Crippen LogP contribution in [0, 0.1) is 11.8 Å². The maximum atomic E-state index is 13.3. The molecule has 2 aliphatic heterocycles. The number of carbonyl (C=O) groups is 6. The lowest BCUT2D eigenvalue weighted by Crippen LogP contribution is -2.56. The van der Waals surface area contributed by atoms with Gasteiger partial charge in [-0.1, -0.05) is 56.9 Å². The first kappa shape index (κ1) is 33.2. The Labute approximate surface area is 269 Å². The highest BCUT2D eigenvalue weighted by molar-refractivity contribution is 6.21. The van der Waals surface area contributed by atoms with E-state index in [1.807, 2.05) is 12.2 Å². The van der Waals surface area contributed by atoms with E-state index in [9.17, 15) is 33.9 Å². The Hall–Kier alpha value is -4.22. The number of rotatable bonds is 15. The summed E-state index contributed by atoms with van der Waals surface area (Å²) in [5, 5.41) is 18.1. The van der Waals surface area contributed by atoms with Crippen molar-refractivity contribution in [1.82, 2.24) is 25.8 Å². The molecule has 0 spiro atoms. The fourth-order valence-corrected chi connectivity index (χ4v) is 6.79. The highest BCUT2D eigenvalue weighted by Gasteiger charge is 2.61. The van der Waals surface area contributed by atoms with Crippen LogP contribution >= 0.6 is 0 Å². The molecule has 6 amide bonds. The third kappa shape index (κ3) is 7.10. The number of hydrogen-bond acceptors (Lipinski definition) is 6. The van der Waals surface area contributed by atoms with E-state index in [1.54, 1.807) is 24.3 Å². The third-order valence-electron chi connectivity index (χ3n) is 9.90. The first-order valence-corrected chi connectivity index (χ1v) is 16.7. The first-order chi connectivity index (χ1) is 22.2. The van der Waals surface area contributed by atoms with E-state index in [2.05, 4.69) is 22.9 Å². The van der Waals surface area contributed by atoms with Crippen LogP contribution in [0.25, 0.3) is 0 Å². The van der Waals surface area contributed by atoms with Gasteiger partial charge in [0.15, 0.2) is 0 Å². The van der Waals surface area contributed by atoms with Crippen LogP contribution in [0.2, 0.25) is 0 Å². The Bertz CT molecular complexity index is 1360. The van der Waals surface area contributed by atoms with E-state index in [-0.39, 0.29) is 36.7 Å². The molecule has 1 aromatic carbocycles. The number of benzene rings is 1. The average molecular weight is 636 g/mol. The van der Waals surface area contributed by atoms with Crippen molar-refractivity contribution < 1.29 is 33.9 Å². The second-order valence-electron chi connectivity index (χ2n) is 13.0. The molecule has 2 heterocycles. The second-order valence-corrected chi connectivity index (χ2v) is 13.0. The van der Waals surface area contributed by atoms with Gasteiger partial charge in [-0.25, -0.2) is 9.59 Å². The van der Waals surface area contributed by atoms with Crippen LogP contribution in [0.15, 0.2) is 36.4 Å². The van der Waals surface area contributed by atoms with E-state index in [4.69, 9.17) is 0 Å². The molecule has 4 aliphatic rings. The topological polar surface area (TPSA) is 165 Å². The molecule has 4 atom stereocenters. The molecule has 5 rings (SSSR count). The van der Waals surface area contributed by atoms with Crippen molar-refractivity contribution in [2.45, 2.75) is 95.2 Å². The van der Waals surface area contributed by atoms with Crippen LogP contribution in [0.4, 0.5) is 4.79 Å². The predicted molar refractivity (Wildman–Crippen MR) is 169 cm³/mol. The predicted octanol–water partition coefficient (Wildman–Crippen LogP) is 3.23. The highest BCUT2D eigenvalue weighted by atomic mass is 16.4. The van der Waals surface area contributed by atoms with E-state index in [0.717, 1.165) is 44.9 Å². The van der Waals surface area contributed by atoms with Crippen molar-refractivity contribution in [2.75, 3.05) is 19.6 Å². The van der Waals surface area contributed by atoms with E-state index in [0.29, 0.717) is 36.9 Å². The maximum absolute atomic E-state index is 13.3. The number of allylic oxidation sites excluding steroid dienone is 1. The molecule has 0 aromatic heterocycles. The summed E-state index contributed by atoms with van der Waals surface area (Å²) >= 11 is 0. The number of carboxylic acids is 1. The lowest BCUT2D eigenvalue weighted by Gasteiger charge is -2.36. The molecule has 2 saturated carbocycles. The van der Waals surface area contributed by atoms with Crippen LogP contribution in [0.3, 0.4) is 0 Å². The van der Waals surface area contributed by atoms with Gasteiger partial charge in [-0.15, -0.1) is 0 Å². The van der Waals surface area contributed by atoms with Gasteiger partial charge in [-0.3, -0.25) is 24.1 Å². The summed E-state index contributed by atoms with van der Waals surface area (Å²) < 4.78 is 0. The zero-order valence-electron chi connectivity index (χ0n) is 26.5. The fraction of sp³-hybridized carbons (Fsp3) is 0.588. The van der Waals surface area contributed by atoms with Crippen molar-refractivity contribution in [1.29, 1.82) is 0 Å². The molecular weight excluding hydrogens is 590 g/mol. The molecule has 1 aromatic rings. The minimum absolute atomic E-state index is 0.0348. The van der Waals surface area contributed by atoms with Crippen LogP contribution in [0.1, 0.15) is 98.3 Å². The van der Waals surface area contributed by atoms with Crippen LogP contribution in [0.5, 0.6) is 0 Å². The number of carbonyl (C=O) groups excluding carboxylic acids is 5. The zero-order valence-corrected chi connectivity index (χ0v) is 26.5. The number of aliphatic carboxylic acids is 1. The van der Waals surface area contributed by atoms with Gasteiger partial charge in [0.1, 0.15) is 11.6 Å². The summed E-state index contributed by atoms with van der Waals surface area (Å²) in [7, 11) is 0. The standard InChI is InChI=1S/C34H45N5O7/c1-2-3-4-5-6-7-14-23-19-34(23,32(44)45)37-29(41)27-17-11-18-38(27)28(40)20-35-33(46)36-26(22-12-10-13-22)21-39-30(42)24-15-8-9-16-25(24)31(39)43/h7-9,14-16,22-23,26-27H,2-6,10-13,17-21H2,1H3,(H,37,41)(H,44,45)(H2,35,36,46)/b14-7-/t23?,26?,27-,34+/m0/s1. The Kier molecular flexibility index (Phi) is 10.4. The Balaban J connectivity index is 1.11. The summed E-state index contributed by atoms with van der Waals surface area (Å²) in [5.41, 5.74) is -0.664. The van der Waals surface area contributed by atoms with Crippen molar-refractivity contribution in [3.05, 3.63) is 47.5 Å². The minimum Gasteiger partial charge on any atom is -0.479 e. The van der Waals surface area contributed by atoms with Crippen molar-refractivity contribution in [2.24, 2.45) is 11.8 Å². The van der Waals surface area contributed by atoms with Gasteiger partial charge >= 0.3 is 12.0 Å². The van der Waals surface area contributed by atoms with E-state index in [1.165, 1.54) is 16.2 Å². The number of amides is 6. The molecule has 3 fully saturated rings. The SMILES string of the molecule is CCCCCC/C=C\C1C[C@]1(NC(=O)[C@@H]1CCCN1C(=O)CNC(=O)NC(CN1C(=O)c2ccccc2C1=O)C1CCC1)C(=O)O. The van der Waals surface area contributed by atoms with E-state index >= 15 is 0 Å². The molecule has 2 unspecified atom stereocenters. The minimum atomic E-state index is -1.36. The summed E-state index contributed by atoms with van der Waals surface area (Å²) in [6.07, 6.45) is 13.2. The number of fused-ring (bicyclic) bond motifs is 1. The fourth-order valence-electron chi connectivity index (χ4n) is 6.79. The number of likely N-dealkylation sites (tertiary alicyclic amines) is 1. The van der Waals surface area contributed by atoms with Crippen molar-refractivity contribution >= 4 is 35.6 Å². The molecule has 0 radical (unpaired) electrons. The molecule has 46 heavy (non-hydrogen) atoms. The number of nitrogens with one attached hydrogen (secondary N) is 3. The lowest BCUT2D eigenvalue weighted by atomic mass is 9.79.